The van der Waals surface area contributed by atoms with Gasteiger partial charge < -0.3 is 5.32 Å². The number of nitrogens with one attached hydrogen (secondary N) is 2. The summed E-state index contributed by atoms with van der Waals surface area (Å²) in [7, 11) is -3.44. The summed E-state index contributed by atoms with van der Waals surface area (Å²) in [4.78, 5) is 0.325. The highest BCUT2D eigenvalue weighted by Gasteiger charge is 2.28. The maximum Gasteiger partial charge on any atom is 0.240 e. The highest BCUT2D eigenvalue weighted by Crippen LogP contribution is 2.25. The number of hydrogen-bond donors (Lipinski definition) is 2. The molecule has 2 rings (SSSR count). The van der Waals surface area contributed by atoms with Crippen molar-refractivity contribution in [2.75, 3.05) is 19.6 Å². The summed E-state index contributed by atoms with van der Waals surface area (Å²) in [5.74, 6) is 0. The van der Waals surface area contributed by atoms with Crippen molar-refractivity contribution in [3.63, 3.8) is 0 Å². The van der Waals surface area contributed by atoms with Crippen molar-refractivity contribution in [1.82, 2.24) is 10.0 Å². The fraction of sp³-hybridized carbons (Fsp3) is 0.571. The number of rotatable bonds is 4. The van der Waals surface area contributed by atoms with E-state index in [1.807, 2.05) is 6.92 Å². The fourth-order valence-corrected chi connectivity index (χ4v) is 3.94. The number of benzene rings is 1. The van der Waals surface area contributed by atoms with Crippen LogP contribution in [0.3, 0.4) is 0 Å². The van der Waals surface area contributed by atoms with Gasteiger partial charge in [-0.2, -0.15) is 0 Å². The van der Waals surface area contributed by atoms with E-state index in [-0.39, 0.29) is 5.41 Å². The zero-order chi connectivity index (χ0) is 14.8. The van der Waals surface area contributed by atoms with E-state index in [2.05, 4.69) is 32.9 Å². The number of aryl methyl sites for hydroxylation is 1. The zero-order valence-electron chi connectivity index (χ0n) is 11.9. The van der Waals surface area contributed by atoms with E-state index in [1.165, 1.54) is 0 Å². The predicted octanol–water partition coefficient (Wildman–Crippen LogP) is 2.43. The molecule has 1 fully saturated rings. The predicted molar refractivity (Wildman–Crippen MR) is 84.3 cm³/mol. The second-order valence-corrected chi connectivity index (χ2v) is 8.45. The molecule has 4 nitrogen and oxygen atoms in total. The van der Waals surface area contributed by atoms with E-state index < -0.39 is 10.0 Å². The molecule has 20 heavy (non-hydrogen) atoms. The molecule has 1 saturated heterocycles. The Balaban J connectivity index is 2.09. The third kappa shape index (κ3) is 3.81. The van der Waals surface area contributed by atoms with Crippen LogP contribution < -0.4 is 10.0 Å². The van der Waals surface area contributed by atoms with Crippen molar-refractivity contribution in [1.29, 1.82) is 0 Å². The number of hydrogen-bond acceptors (Lipinski definition) is 3. The van der Waals surface area contributed by atoms with E-state index in [1.54, 1.807) is 18.2 Å². The van der Waals surface area contributed by atoms with Crippen LogP contribution in [0.25, 0.3) is 0 Å². The monoisotopic (exact) mass is 360 g/mol. The van der Waals surface area contributed by atoms with Gasteiger partial charge in [-0.3, -0.25) is 0 Å². The van der Waals surface area contributed by atoms with Crippen LogP contribution in [0.15, 0.2) is 27.6 Å². The van der Waals surface area contributed by atoms with Crippen LogP contribution in [0.2, 0.25) is 0 Å². The van der Waals surface area contributed by atoms with Crippen LogP contribution >= 0.6 is 15.9 Å². The molecule has 0 amide bonds. The molecule has 1 aliphatic heterocycles. The van der Waals surface area contributed by atoms with Crippen molar-refractivity contribution >= 4 is 26.0 Å². The third-order valence-electron chi connectivity index (χ3n) is 3.81. The summed E-state index contributed by atoms with van der Waals surface area (Å²) in [6, 6.07) is 5.09. The molecule has 1 aromatic rings. The standard InChI is InChI=1S/C14H21BrN2O2S/c1-11-8-12(4-5-13(11)15)20(18,19)17-10-14(2)6-3-7-16-9-14/h4-5,8,16-17H,3,6-7,9-10H2,1-2H3. The Morgan fingerprint density at radius 2 is 2.20 bits per heavy atom. The highest BCUT2D eigenvalue weighted by atomic mass is 79.9. The Morgan fingerprint density at radius 1 is 1.45 bits per heavy atom. The van der Waals surface area contributed by atoms with Gasteiger partial charge in [0.2, 0.25) is 10.0 Å². The smallest absolute Gasteiger partial charge is 0.240 e. The van der Waals surface area contributed by atoms with Gasteiger partial charge in [-0.15, -0.1) is 0 Å². The normalized spacial score (nSPS) is 23.8. The molecule has 0 spiro atoms. The van der Waals surface area contributed by atoms with Crippen molar-refractivity contribution in [2.45, 2.75) is 31.6 Å². The first kappa shape index (κ1) is 15.9. The quantitative estimate of drug-likeness (QED) is 0.866. The number of sulfonamides is 1. The largest absolute Gasteiger partial charge is 0.316 e. The molecule has 1 heterocycles. The summed E-state index contributed by atoms with van der Waals surface area (Å²) in [5, 5.41) is 3.33. The minimum atomic E-state index is -3.44. The molecule has 1 atom stereocenters. The Labute approximate surface area is 129 Å². The molecular weight excluding hydrogens is 340 g/mol. The second kappa shape index (κ2) is 6.13. The Hall–Kier alpha value is -0.430. The second-order valence-electron chi connectivity index (χ2n) is 5.83. The first-order chi connectivity index (χ1) is 9.32. The van der Waals surface area contributed by atoms with Crippen LogP contribution in [0.1, 0.15) is 25.3 Å². The maximum absolute atomic E-state index is 12.3. The van der Waals surface area contributed by atoms with Gasteiger partial charge in [0.25, 0.3) is 0 Å². The Morgan fingerprint density at radius 3 is 2.80 bits per heavy atom. The van der Waals surface area contributed by atoms with E-state index >= 15 is 0 Å². The molecule has 0 radical (unpaired) electrons. The first-order valence-corrected chi connectivity index (χ1v) is 9.07. The number of piperidine rings is 1. The van der Waals surface area contributed by atoms with Crippen LogP contribution in [-0.4, -0.2) is 28.1 Å². The van der Waals surface area contributed by atoms with Gasteiger partial charge in [0.05, 0.1) is 4.90 Å². The fourth-order valence-electron chi connectivity index (χ4n) is 2.41. The molecule has 1 aliphatic rings. The van der Waals surface area contributed by atoms with Gasteiger partial charge in [-0.1, -0.05) is 22.9 Å². The summed E-state index contributed by atoms with van der Waals surface area (Å²) in [6.45, 7) is 6.35. The maximum atomic E-state index is 12.3. The first-order valence-electron chi connectivity index (χ1n) is 6.79. The molecule has 1 unspecified atom stereocenters. The molecule has 6 heteroatoms. The lowest BCUT2D eigenvalue weighted by atomic mass is 9.83. The zero-order valence-corrected chi connectivity index (χ0v) is 14.3. The van der Waals surface area contributed by atoms with Crippen LogP contribution in [0.4, 0.5) is 0 Å². The Kier molecular flexibility index (Phi) is 4.89. The third-order valence-corrected chi connectivity index (χ3v) is 6.10. The number of halogens is 1. The molecule has 0 aliphatic carbocycles. The van der Waals surface area contributed by atoms with Crippen molar-refractivity contribution in [3.8, 4) is 0 Å². The Bertz CT molecular complexity index is 581. The van der Waals surface area contributed by atoms with Gasteiger partial charge in [0, 0.05) is 17.6 Å². The van der Waals surface area contributed by atoms with Crippen LogP contribution in [0, 0.1) is 12.3 Å². The van der Waals surface area contributed by atoms with Crippen molar-refractivity contribution < 1.29 is 8.42 Å². The van der Waals surface area contributed by atoms with Gasteiger partial charge in [0.1, 0.15) is 0 Å². The molecule has 112 valence electrons. The minimum Gasteiger partial charge on any atom is -0.316 e. The van der Waals surface area contributed by atoms with Gasteiger partial charge >= 0.3 is 0 Å². The molecule has 0 bridgehead atoms. The highest BCUT2D eigenvalue weighted by molar-refractivity contribution is 9.10. The topological polar surface area (TPSA) is 58.2 Å². The summed E-state index contributed by atoms with van der Waals surface area (Å²) in [6.07, 6.45) is 2.14. The van der Waals surface area contributed by atoms with Gasteiger partial charge in [-0.25, -0.2) is 13.1 Å². The lowest BCUT2D eigenvalue weighted by Crippen LogP contribution is -2.45. The molecule has 0 aromatic heterocycles. The minimum absolute atomic E-state index is 0.00424. The van der Waals surface area contributed by atoms with Crippen LogP contribution in [-0.2, 0) is 10.0 Å². The van der Waals surface area contributed by atoms with Gasteiger partial charge in [0.15, 0.2) is 0 Å². The van der Waals surface area contributed by atoms with Crippen molar-refractivity contribution in [3.05, 3.63) is 28.2 Å². The molecule has 0 saturated carbocycles. The van der Waals surface area contributed by atoms with E-state index in [9.17, 15) is 8.42 Å². The molecular formula is C14H21BrN2O2S. The molecule has 1 aromatic carbocycles. The van der Waals surface area contributed by atoms with E-state index in [0.717, 1.165) is 36.0 Å². The van der Waals surface area contributed by atoms with E-state index in [4.69, 9.17) is 0 Å². The summed E-state index contributed by atoms with van der Waals surface area (Å²) >= 11 is 3.38. The molecule has 2 N–H and O–H groups in total. The lowest BCUT2D eigenvalue weighted by molar-refractivity contribution is 0.238. The van der Waals surface area contributed by atoms with Gasteiger partial charge in [-0.05, 0) is 55.5 Å². The average molecular weight is 361 g/mol. The summed E-state index contributed by atoms with van der Waals surface area (Å²) in [5.41, 5.74) is 0.911. The lowest BCUT2D eigenvalue weighted by Gasteiger charge is -2.34. The summed E-state index contributed by atoms with van der Waals surface area (Å²) < 4.78 is 28.3. The average Bonchev–Trinajstić information content (AvgIpc) is 2.41. The van der Waals surface area contributed by atoms with Crippen LogP contribution in [0.5, 0.6) is 0 Å². The van der Waals surface area contributed by atoms with Crippen molar-refractivity contribution in [2.24, 2.45) is 5.41 Å². The van der Waals surface area contributed by atoms with E-state index in [0.29, 0.717) is 11.4 Å². The SMILES string of the molecule is Cc1cc(S(=O)(=O)NCC2(C)CCCNC2)ccc1Br.